The lowest BCUT2D eigenvalue weighted by Crippen LogP contribution is -2.21. The number of halogens is 5. The molecule has 1 aromatic heterocycles. The van der Waals surface area contributed by atoms with Crippen LogP contribution in [0.2, 0.25) is 10.0 Å². The quantitative estimate of drug-likeness (QED) is 0.877. The number of ether oxygens (including phenoxy) is 1. The van der Waals surface area contributed by atoms with Crippen LogP contribution in [0.3, 0.4) is 0 Å². The number of aryl methyl sites for hydroxylation is 1. The zero-order valence-electron chi connectivity index (χ0n) is 10.9. The molecule has 22 heavy (non-hydrogen) atoms. The molecule has 0 aliphatic carbocycles. The van der Waals surface area contributed by atoms with Crippen LogP contribution in [0.5, 0.6) is 11.6 Å². The number of alkyl halides is 3. The van der Waals surface area contributed by atoms with Crippen LogP contribution in [0, 0.1) is 6.92 Å². The number of hydrogen-bond acceptors (Lipinski definition) is 3. The fourth-order valence-electron chi connectivity index (χ4n) is 1.64. The SMILES string of the molecule is Cc1cc(Oc2c(Cl)cc(C(F)(F)F)cc2Cl)nn1C(N)=O. The normalized spacial score (nSPS) is 11.5. The molecule has 1 amide bonds. The molecule has 0 unspecified atom stereocenters. The molecule has 2 rings (SSSR count). The third-order valence-corrected chi connectivity index (χ3v) is 3.17. The van der Waals surface area contributed by atoms with Crippen molar-refractivity contribution >= 4 is 29.2 Å². The number of nitrogens with two attached hydrogens (primary N) is 1. The highest BCUT2D eigenvalue weighted by Crippen LogP contribution is 2.41. The summed E-state index contributed by atoms with van der Waals surface area (Å²) < 4.78 is 44.0. The van der Waals surface area contributed by atoms with Gasteiger partial charge in [-0.15, -0.1) is 5.10 Å². The number of aromatic nitrogens is 2. The molecule has 0 saturated carbocycles. The summed E-state index contributed by atoms with van der Waals surface area (Å²) in [4.78, 5) is 11.1. The Morgan fingerprint density at radius 3 is 2.23 bits per heavy atom. The molecule has 0 spiro atoms. The molecule has 0 aliphatic heterocycles. The van der Waals surface area contributed by atoms with Gasteiger partial charge in [-0.2, -0.15) is 17.9 Å². The van der Waals surface area contributed by atoms with Gasteiger partial charge >= 0.3 is 12.2 Å². The van der Waals surface area contributed by atoms with E-state index >= 15 is 0 Å². The van der Waals surface area contributed by atoms with Crippen molar-refractivity contribution in [1.82, 2.24) is 9.78 Å². The van der Waals surface area contributed by atoms with Gasteiger partial charge in [0.05, 0.1) is 21.3 Å². The van der Waals surface area contributed by atoms with E-state index in [9.17, 15) is 18.0 Å². The number of benzene rings is 1. The number of hydrogen-bond donors (Lipinski definition) is 1. The van der Waals surface area contributed by atoms with Crippen LogP contribution in [0.4, 0.5) is 18.0 Å². The smallest absolute Gasteiger partial charge is 0.416 e. The van der Waals surface area contributed by atoms with Crippen molar-refractivity contribution in [2.24, 2.45) is 5.73 Å². The Morgan fingerprint density at radius 2 is 1.82 bits per heavy atom. The third kappa shape index (κ3) is 3.28. The van der Waals surface area contributed by atoms with Gasteiger partial charge in [0.15, 0.2) is 5.75 Å². The van der Waals surface area contributed by atoms with Gasteiger partial charge < -0.3 is 10.5 Å². The zero-order chi connectivity index (χ0) is 16.7. The lowest BCUT2D eigenvalue weighted by molar-refractivity contribution is -0.137. The van der Waals surface area contributed by atoms with E-state index in [1.807, 2.05) is 0 Å². The maximum atomic E-state index is 12.6. The molecule has 2 N–H and O–H groups in total. The standard InChI is InChI=1S/C12H8Cl2F3N3O2/c1-5-2-9(19-20(5)11(18)21)22-10-7(13)3-6(4-8(10)14)12(15,16)17/h2-4H,1H3,(H2,18,21). The molecule has 0 saturated heterocycles. The van der Waals surface area contributed by atoms with Crippen molar-refractivity contribution in [1.29, 1.82) is 0 Å². The Morgan fingerprint density at radius 1 is 1.27 bits per heavy atom. The van der Waals surface area contributed by atoms with Gasteiger partial charge in [-0.3, -0.25) is 0 Å². The summed E-state index contributed by atoms with van der Waals surface area (Å²) in [6.45, 7) is 1.54. The van der Waals surface area contributed by atoms with E-state index < -0.39 is 17.8 Å². The molecule has 118 valence electrons. The predicted molar refractivity (Wildman–Crippen MR) is 73.5 cm³/mol. The number of rotatable bonds is 2. The van der Waals surface area contributed by atoms with Crippen LogP contribution in [0.25, 0.3) is 0 Å². The van der Waals surface area contributed by atoms with Crippen molar-refractivity contribution < 1.29 is 22.7 Å². The van der Waals surface area contributed by atoms with Gasteiger partial charge in [0.25, 0.3) is 0 Å². The van der Waals surface area contributed by atoms with E-state index in [2.05, 4.69) is 5.10 Å². The average Bonchev–Trinajstić information content (AvgIpc) is 2.73. The first-order chi connectivity index (χ1) is 10.1. The highest BCUT2D eigenvalue weighted by Gasteiger charge is 2.32. The Hall–Kier alpha value is -1.93. The van der Waals surface area contributed by atoms with Crippen LogP contribution < -0.4 is 10.5 Å². The molecule has 0 fully saturated rings. The maximum absolute atomic E-state index is 12.6. The topological polar surface area (TPSA) is 70.1 Å². The van der Waals surface area contributed by atoms with Crippen molar-refractivity contribution in [2.75, 3.05) is 0 Å². The molecule has 0 atom stereocenters. The van der Waals surface area contributed by atoms with E-state index in [1.54, 1.807) is 6.92 Å². The molecule has 0 aliphatic rings. The summed E-state index contributed by atoms with van der Waals surface area (Å²) >= 11 is 11.5. The molecule has 1 aromatic carbocycles. The Labute approximate surface area is 132 Å². The molecule has 1 heterocycles. The number of carbonyl (C=O) groups is 1. The summed E-state index contributed by atoms with van der Waals surface area (Å²) in [5.74, 6) is -0.287. The maximum Gasteiger partial charge on any atom is 0.416 e. The molecule has 0 bridgehead atoms. The van der Waals surface area contributed by atoms with Gasteiger partial charge in [0.2, 0.25) is 5.88 Å². The monoisotopic (exact) mass is 353 g/mol. The van der Waals surface area contributed by atoms with Crippen molar-refractivity contribution in [2.45, 2.75) is 13.1 Å². The van der Waals surface area contributed by atoms with Gasteiger partial charge in [0, 0.05) is 6.07 Å². The summed E-state index contributed by atoms with van der Waals surface area (Å²) in [6.07, 6.45) is -4.59. The lowest BCUT2D eigenvalue weighted by Gasteiger charge is -2.11. The second kappa shape index (κ2) is 5.69. The van der Waals surface area contributed by atoms with Crippen LogP contribution in [-0.4, -0.2) is 15.8 Å². The van der Waals surface area contributed by atoms with Crippen LogP contribution in [0.1, 0.15) is 11.3 Å². The summed E-state index contributed by atoms with van der Waals surface area (Å²) in [7, 11) is 0. The van der Waals surface area contributed by atoms with Crippen LogP contribution in [0.15, 0.2) is 18.2 Å². The van der Waals surface area contributed by atoms with Gasteiger partial charge in [-0.25, -0.2) is 4.79 Å². The predicted octanol–water partition coefficient (Wildman–Crippen LogP) is 4.24. The average molecular weight is 354 g/mol. The molecule has 0 radical (unpaired) electrons. The van der Waals surface area contributed by atoms with Crippen LogP contribution in [-0.2, 0) is 6.18 Å². The van der Waals surface area contributed by atoms with Crippen molar-refractivity contribution in [3.63, 3.8) is 0 Å². The summed E-state index contributed by atoms with van der Waals surface area (Å²) in [6, 6.07) is 1.88. The Balaban J connectivity index is 2.38. The zero-order valence-corrected chi connectivity index (χ0v) is 12.4. The second-order valence-corrected chi connectivity index (χ2v) is 5.06. The fourth-order valence-corrected chi connectivity index (χ4v) is 2.21. The number of amides is 1. The largest absolute Gasteiger partial charge is 0.434 e. The van der Waals surface area contributed by atoms with E-state index in [1.165, 1.54) is 6.07 Å². The minimum atomic E-state index is -4.59. The molecule has 5 nitrogen and oxygen atoms in total. The van der Waals surface area contributed by atoms with Crippen molar-refractivity contribution in [3.05, 3.63) is 39.5 Å². The minimum Gasteiger partial charge on any atom is -0.434 e. The third-order valence-electron chi connectivity index (χ3n) is 2.61. The van der Waals surface area contributed by atoms with Gasteiger partial charge in [0.1, 0.15) is 0 Å². The number of primary amides is 1. The van der Waals surface area contributed by atoms with E-state index in [0.717, 1.165) is 4.68 Å². The van der Waals surface area contributed by atoms with E-state index in [4.69, 9.17) is 33.7 Å². The molecule has 2 aromatic rings. The Kier molecular flexibility index (Phi) is 4.25. The molecular formula is C12H8Cl2F3N3O2. The van der Waals surface area contributed by atoms with Crippen LogP contribution >= 0.6 is 23.2 Å². The van der Waals surface area contributed by atoms with Gasteiger partial charge in [-0.05, 0) is 19.1 Å². The van der Waals surface area contributed by atoms with Crippen molar-refractivity contribution in [3.8, 4) is 11.6 Å². The molecular weight excluding hydrogens is 346 g/mol. The second-order valence-electron chi connectivity index (χ2n) is 4.24. The number of carbonyl (C=O) groups excluding carboxylic acids is 1. The first-order valence-electron chi connectivity index (χ1n) is 5.70. The lowest BCUT2D eigenvalue weighted by atomic mass is 10.2. The van der Waals surface area contributed by atoms with Gasteiger partial charge in [-0.1, -0.05) is 23.2 Å². The molecule has 10 heteroatoms. The van der Waals surface area contributed by atoms with E-state index in [-0.39, 0.29) is 21.7 Å². The summed E-state index contributed by atoms with van der Waals surface area (Å²) in [5.41, 5.74) is 4.45. The van der Waals surface area contributed by atoms with E-state index in [0.29, 0.717) is 17.8 Å². The number of nitrogens with zero attached hydrogens (tertiary/aromatic N) is 2. The highest BCUT2D eigenvalue weighted by molar-refractivity contribution is 6.37. The highest BCUT2D eigenvalue weighted by atomic mass is 35.5. The summed E-state index contributed by atoms with van der Waals surface area (Å²) in [5, 5.41) is 3.06. The minimum absolute atomic E-state index is 0.0835. The first kappa shape index (κ1) is 16.4. The fraction of sp³-hybridized carbons (Fsp3) is 0.167. The first-order valence-corrected chi connectivity index (χ1v) is 6.45. The Bertz CT molecular complexity index is 721.